The Morgan fingerprint density at radius 2 is 1.06 bits per heavy atom. The molecule has 0 spiro atoms. The van der Waals surface area contributed by atoms with Gasteiger partial charge in [0.25, 0.3) is 0 Å². The first-order valence-electron chi connectivity index (χ1n) is 10.2. The number of benzene rings is 3. The van der Waals surface area contributed by atoms with Crippen LogP contribution in [0.15, 0.2) is 122 Å². The minimum atomic E-state index is -0.990. The molecule has 0 aliphatic heterocycles. The molecule has 5 aromatic rings. The zero-order valence-electron chi connectivity index (χ0n) is 18.1. The molecule has 0 amide bonds. The summed E-state index contributed by atoms with van der Waals surface area (Å²) in [4.78, 5) is 17.9. The maximum absolute atomic E-state index is 10.1. The molecule has 0 saturated carbocycles. The Bertz CT molecular complexity index is 1060. The molecule has 34 heavy (non-hydrogen) atoms. The van der Waals surface area contributed by atoms with E-state index < -0.39 is 5.97 Å². The van der Waals surface area contributed by atoms with Crippen molar-refractivity contribution in [3.05, 3.63) is 145 Å². The molecule has 0 radical (unpaired) electrons. The van der Waals surface area contributed by atoms with Crippen LogP contribution in [-0.4, -0.2) is 21.0 Å². The number of aromatic carboxylic acids is 1. The normalized spacial score (nSPS) is 9.18. The summed E-state index contributed by atoms with van der Waals surface area (Å²) in [6, 6.07) is 43.7. The molecule has 0 bridgehead atoms. The first-order chi connectivity index (χ1) is 16.2. The van der Waals surface area contributed by atoms with E-state index in [1.54, 1.807) is 18.3 Å². The van der Waals surface area contributed by atoms with Crippen molar-refractivity contribution in [2.75, 3.05) is 0 Å². The molecule has 172 valence electrons. The summed E-state index contributed by atoms with van der Waals surface area (Å²) < 4.78 is 0. The number of hydrogen-bond donors (Lipinski definition) is 1. The van der Waals surface area contributed by atoms with Crippen molar-refractivity contribution in [3.63, 3.8) is 0 Å². The zero-order valence-corrected chi connectivity index (χ0v) is 20.4. The number of nitrogens with zero attached hydrogens (tertiary/aromatic N) is 2. The Morgan fingerprint density at radius 3 is 1.41 bits per heavy atom. The zero-order chi connectivity index (χ0) is 23.1. The Morgan fingerprint density at radius 1 is 0.588 bits per heavy atom. The number of hydrogen-bond acceptors (Lipinski definition) is 3. The van der Waals surface area contributed by atoms with E-state index in [0.717, 1.165) is 22.4 Å². The second-order valence-electron chi connectivity index (χ2n) is 6.56. The quantitative estimate of drug-likeness (QED) is 0.240. The topological polar surface area (TPSA) is 63.1 Å². The van der Waals surface area contributed by atoms with Gasteiger partial charge in [0.1, 0.15) is 5.69 Å². The fourth-order valence-electron chi connectivity index (χ4n) is 2.69. The third-order valence-electron chi connectivity index (χ3n) is 4.24. The largest absolute Gasteiger partial charge is 0.477 e. The molecule has 0 fully saturated rings. The van der Waals surface area contributed by atoms with Gasteiger partial charge in [-0.15, -0.1) is 48.0 Å². The third-order valence-corrected chi connectivity index (χ3v) is 4.24. The Hall–Kier alpha value is -3.88. The van der Waals surface area contributed by atoms with E-state index in [0.29, 0.717) is 0 Å². The summed E-state index contributed by atoms with van der Waals surface area (Å²) in [6.07, 6.45) is 3.24. The van der Waals surface area contributed by atoms with Gasteiger partial charge in [-0.1, -0.05) is 18.2 Å². The Balaban J connectivity index is 0.000000180. The fraction of sp³-hybridized carbons (Fsp3) is 0. The summed E-state index contributed by atoms with van der Waals surface area (Å²) >= 11 is 0. The van der Waals surface area contributed by atoms with E-state index in [-0.39, 0.29) is 26.8 Å². The van der Waals surface area contributed by atoms with Crippen LogP contribution >= 0.6 is 0 Å². The minimum absolute atomic E-state index is 0. The minimum Gasteiger partial charge on any atom is -0.477 e. The first-order valence-corrected chi connectivity index (χ1v) is 10.2. The average Bonchev–Trinajstić information content (AvgIpc) is 2.92. The molecule has 5 rings (SSSR count). The predicted molar refractivity (Wildman–Crippen MR) is 129 cm³/mol. The van der Waals surface area contributed by atoms with Gasteiger partial charge < -0.3 is 10.1 Å². The van der Waals surface area contributed by atoms with E-state index in [1.165, 1.54) is 12.3 Å². The molecule has 2 heterocycles. The van der Waals surface area contributed by atoms with Gasteiger partial charge in [-0.2, -0.15) is 48.5 Å². The van der Waals surface area contributed by atoms with Gasteiger partial charge in [0.15, 0.2) is 0 Å². The van der Waals surface area contributed by atoms with E-state index in [4.69, 9.17) is 5.11 Å². The van der Waals surface area contributed by atoms with Crippen molar-refractivity contribution in [3.8, 4) is 22.4 Å². The number of aromatic nitrogens is 2. The first kappa shape index (κ1) is 26.4. The van der Waals surface area contributed by atoms with Gasteiger partial charge >= 0.3 is 5.97 Å². The average molecular weight is 625 g/mol. The van der Waals surface area contributed by atoms with Crippen molar-refractivity contribution < 1.29 is 31.0 Å². The van der Waals surface area contributed by atoms with Crippen LogP contribution in [-0.2, 0) is 21.1 Å². The van der Waals surface area contributed by atoms with Gasteiger partial charge in [0.2, 0.25) is 0 Å². The van der Waals surface area contributed by atoms with Gasteiger partial charge in [-0.05, 0) is 23.9 Å². The Labute approximate surface area is 214 Å². The maximum Gasteiger partial charge on any atom is 0.354 e. The van der Waals surface area contributed by atoms with Crippen LogP contribution < -0.4 is 0 Å². The molecule has 0 saturated heterocycles. The SMILES string of the molecule is O=C(O)c1ccccn1.[Pt].[c-]1ccccc1-c1[c-]cccc1.[c-]1ccccc1-c1ccccn1. The molecule has 0 unspecified atom stereocenters. The van der Waals surface area contributed by atoms with Crippen molar-refractivity contribution >= 4 is 5.97 Å². The number of carbonyl (C=O) groups is 1. The van der Waals surface area contributed by atoms with Crippen LogP contribution in [0.5, 0.6) is 0 Å². The molecule has 1 N–H and O–H groups in total. The van der Waals surface area contributed by atoms with Crippen molar-refractivity contribution in [1.82, 2.24) is 9.97 Å². The van der Waals surface area contributed by atoms with Crippen LogP contribution in [0.2, 0.25) is 0 Å². The monoisotopic (exact) mass is 624 g/mol. The predicted octanol–water partition coefficient (Wildman–Crippen LogP) is 6.28. The second kappa shape index (κ2) is 15.0. The van der Waals surface area contributed by atoms with Gasteiger partial charge in [0.05, 0.1) is 0 Å². The van der Waals surface area contributed by atoms with E-state index in [9.17, 15) is 4.79 Å². The number of carboxylic acids is 1. The van der Waals surface area contributed by atoms with Crippen molar-refractivity contribution in [2.45, 2.75) is 0 Å². The van der Waals surface area contributed by atoms with Crippen LogP contribution in [0, 0.1) is 18.2 Å². The summed E-state index contributed by atoms with van der Waals surface area (Å²) in [5, 5.41) is 8.32. The Kier molecular flexibility index (Phi) is 11.7. The molecule has 4 nitrogen and oxygen atoms in total. The van der Waals surface area contributed by atoms with Crippen LogP contribution in [0.1, 0.15) is 10.5 Å². The van der Waals surface area contributed by atoms with Crippen molar-refractivity contribution in [1.29, 1.82) is 0 Å². The molecule has 0 atom stereocenters. The standard InChI is InChI=1S/C12H8.C11H8N.C6H5NO2.Pt/c1-3-7-11(8-4-1)12-9-5-2-6-10-12;1-2-6-10(7-3-1)11-8-4-5-9-12-11;8-6(9)5-3-1-2-4-7-5;/h1-7,9H;1-6,8-9H;1-4H,(H,8,9);/q-2;-1;;. The molecule has 3 aromatic carbocycles. The molecule has 0 aliphatic rings. The molecular formula is C29H21N2O2Pt-3. The van der Waals surface area contributed by atoms with E-state index >= 15 is 0 Å². The fourth-order valence-corrected chi connectivity index (χ4v) is 2.69. The third kappa shape index (κ3) is 8.93. The van der Waals surface area contributed by atoms with Crippen LogP contribution in [0.3, 0.4) is 0 Å². The summed E-state index contributed by atoms with van der Waals surface area (Å²) in [7, 11) is 0. The summed E-state index contributed by atoms with van der Waals surface area (Å²) in [5.74, 6) is -0.990. The van der Waals surface area contributed by atoms with Crippen LogP contribution in [0.4, 0.5) is 0 Å². The number of carboxylic acid groups (broad SMARTS) is 1. The smallest absolute Gasteiger partial charge is 0.354 e. The van der Waals surface area contributed by atoms with Gasteiger partial charge in [0, 0.05) is 33.5 Å². The number of pyridine rings is 2. The second-order valence-corrected chi connectivity index (χ2v) is 6.56. The van der Waals surface area contributed by atoms with Gasteiger partial charge in [-0.3, -0.25) is 0 Å². The molecule has 2 aromatic heterocycles. The van der Waals surface area contributed by atoms with Crippen LogP contribution in [0.25, 0.3) is 22.4 Å². The summed E-state index contributed by atoms with van der Waals surface area (Å²) in [6.45, 7) is 0. The number of rotatable bonds is 3. The molecule has 5 heteroatoms. The maximum atomic E-state index is 10.1. The molecular weight excluding hydrogens is 603 g/mol. The van der Waals surface area contributed by atoms with E-state index in [2.05, 4.69) is 28.2 Å². The molecule has 0 aliphatic carbocycles. The summed E-state index contributed by atoms with van der Waals surface area (Å²) in [5.41, 5.74) is 4.28. The van der Waals surface area contributed by atoms with E-state index in [1.807, 2.05) is 91.0 Å². The van der Waals surface area contributed by atoms with Crippen molar-refractivity contribution in [2.24, 2.45) is 0 Å². The van der Waals surface area contributed by atoms with Gasteiger partial charge in [-0.25, -0.2) is 20.9 Å².